The Labute approximate surface area is 177 Å². The molecule has 160 valence electrons. The maximum atomic E-state index is 12.2. The lowest BCUT2D eigenvalue weighted by molar-refractivity contribution is -0.124. The summed E-state index contributed by atoms with van der Waals surface area (Å²) in [5, 5.41) is 9.55. The van der Waals surface area contributed by atoms with Gasteiger partial charge in [0.15, 0.2) is 5.96 Å². The zero-order chi connectivity index (χ0) is 21.2. The second-order valence-corrected chi connectivity index (χ2v) is 7.01. The van der Waals surface area contributed by atoms with E-state index in [9.17, 15) is 4.79 Å². The van der Waals surface area contributed by atoms with Crippen molar-refractivity contribution in [2.45, 2.75) is 39.0 Å². The summed E-state index contributed by atoms with van der Waals surface area (Å²) in [5.74, 6) is 1.48. The molecule has 7 heteroatoms. The monoisotopic (exact) mass is 410 g/mol. The van der Waals surface area contributed by atoms with Gasteiger partial charge in [0.05, 0.1) is 6.61 Å². The number of nitrogens with one attached hydrogen (secondary N) is 3. The maximum Gasteiger partial charge on any atom is 0.253 e. The van der Waals surface area contributed by atoms with Crippen molar-refractivity contribution in [1.29, 1.82) is 0 Å². The lowest BCUT2D eigenvalue weighted by Crippen LogP contribution is -2.36. The molecule has 1 aliphatic heterocycles. The van der Waals surface area contributed by atoms with Gasteiger partial charge in [-0.15, -0.1) is 0 Å². The van der Waals surface area contributed by atoms with E-state index in [-0.39, 0.29) is 12.0 Å². The Hall–Kier alpha value is -3.06. The van der Waals surface area contributed by atoms with Crippen LogP contribution in [0.5, 0.6) is 5.75 Å². The minimum atomic E-state index is -0.339. The zero-order valence-corrected chi connectivity index (χ0v) is 17.6. The van der Waals surface area contributed by atoms with E-state index < -0.39 is 0 Å². The van der Waals surface area contributed by atoms with Gasteiger partial charge in [-0.05, 0) is 43.5 Å². The molecule has 1 amide bonds. The maximum absolute atomic E-state index is 12.2. The second-order valence-electron chi connectivity index (χ2n) is 7.01. The average molecular weight is 411 g/mol. The number of guanidine groups is 1. The highest BCUT2D eigenvalue weighted by atomic mass is 16.5. The van der Waals surface area contributed by atoms with E-state index >= 15 is 0 Å². The Morgan fingerprint density at radius 1 is 1.17 bits per heavy atom. The van der Waals surface area contributed by atoms with Gasteiger partial charge < -0.3 is 25.4 Å². The number of benzene rings is 2. The Morgan fingerprint density at radius 3 is 2.77 bits per heavy atom. The Balaban J connectivity index is 1.52. The topological polar surface area (TPSA) is 84.0 Å². The molecule has 0 radical (unpaired) electrons. The van der Waals surface area contributed by atoms with E-state index in [0.717, 1.165) is 35.4 Å². The van der Waals surface area contributed by atoms with Crippen molar-refractivity contribution < 1.29 is 14.3 Å². The summed E-state index contributed by atoms with van der Waals surface area (Å²) in [6, 6.07) is 15.7. The van der Waals surface area contributed by atoms with E-state index in [1.165, 1.54) is 0 Å². The van der Waals surface area contributed by atoms with Crippen LogP contribution in [0.2, 0.25) is 0 Å². The van der Waals surface area contributed by atoms with Gasteiger partial charge in [0.25, 0.3) is 5.91 Å². The summed E-state index contributed by atoms with van der Waals surface area (Å²) < 4.78 is 11.1. The highest BCUT2D eigenvalue weighted by Gasteiger charge is 2.23. The molecule has 2 aromatic rings. The number of hydrogen-bond acceptors (Lipinski definition) is 4. The number of carbonyl (C=O) groups is 1. The van der Waals surface area contributed by atoms with Crippen LogP contribution in [0, 0.1) is 0 Å². The van der Waals surface area contributed by atoms with Crippen LogP contribution in [-0.2, 0) is 22.6 Å². The average Bonchev–Trinajstić information content (AvgIpc) is 3.30. The summed E-state index contributed by atoms with van der Waals surface area (Å²) in [7, 11) is 1.74. The number of ether oxygens (including phenoxy) is 2. The number of aliphatic imine (C=N–C) groups is 1. The number of carbonyl (C=O) groups excluding carboxylic acids is 1. The van der Waals surface area contributed by atoms with Gasteiger partial charge in [0.2, 0.25) is 0 Å². The fourth-order valence-corrected chi connectivity index (χ4v) is 3.30. The van der Waals surface area contributed by atoms with E-state index in [2.05, 4.69) is 20.9 Å². The van der Waals surface area contributed by atoms with E-state index in [4.69, 9.17) is 9.47 Å². The molecule has 0 bridgehead atoms. The molecule has 3 rings (SSSR count). The Kier molecular flexibility index (Phi) is 8.09. The molecule has 7 nitrogen and oxygen atoms in total. The molecule has 1 heterocycles. The van der Waals surface area contributed by atoms with Gasteiger partial charge in [-0.2, -0.15) is 0 Å². The number of anilines is 1. The van der Waals surface area contributed by atoms with Crippen LogP contribution in [0.15, 0.2) is 53.5 Å². The van der Waals surface area contributed by atoms with Crippen LogP contribution < -0.4 is 20.7 Å². The molecular formula is C23H30N4O3. The fraction of sp³-hybridized carbons (Fsp3) is 0.391. The predicted molar refractivity (Wildman–Crippen MR) is 119 cm³/mol. The molecule has 1 unspecified atom stereocenters. The quantitative estimate of drug-likeness (QED) is 0.460. The largest absolute Gasteiger partial charge is 0.494 e. The molecule has 30 heavy (non-hydrogen) atoms. The molecule has 2 aromatic carbocycles. The van der Waals surface area contributed by atoms with Crippen LogP contribution in [0.25, 0.3) is 0 Å². The van der Waals surface area contributed by atoms with E-state index in [0.29, 0.717) is 32.3 Å². The number of nitrogens with zero attached hydrogens (tertiary/aromatic N) is 1. The first-order chi connectivity index (χ1) is 14.7. The Morgan fingerprint density at radius 2 is 2.00 bits per heavy atom. The molecule has 1 aliphatic rings. The number of rotatable bonds is 8. The molecule has 1 atom stereocenters. The molecule has 0 aliphatic carbocycles. The van der Waals surface area contributed by atoms with Crippen LogP contribution in [-0.4, -0.2) is 38.2 Å². The second kappa shape index (κ2) is 11.2. The van der Waals surface area contributed by atoms with Crippen molar-refractivity contribution >= 4 is 17.6 Å². The zero-order valence-electron chi connectivity index (χ0n) is 17.6. The summed E-state index contributed by atoms with van der Waals surface area (Å²) in [4.78, 5) is 16.5. The highest BCUT2D eigenvalue weighted by molar-refractivity contribution is 5.94. The third-order valence-electron chi connectivity index (χ3n) is 4.82. The Bertz CT molecular complexity index is 863. The molecule has 0 spiro atoms. The van der Waals surface area contributed by atoms with Gasteiger partial charge in [-0.25, -0.2) is 0 Å². The van der Waals surface area contributed by atoms with Crippen molar-refractivity contribution in [3.05, 3.63) is 59.7 Å². The van der Waals surface area contributed by atoms with Gasteiger partial charge in [-0.3, -0.25) is 9.79 Å². The number of amides is 1. The first-order valence-electron chi connectivity index (χ1n) is 10.4. The number of para-hydroxylation sites is 1. The summed E-state index contributed by atoms with van der Waals surface area (Å²) >= 11 is 0. The first kappa shape index (κ1) is 21.6. The van der Waals surface area contributed by atoms with Crippen LogP contribution in [0.1, 0.15) is 30.9 Å². The van der Waals surface area contributed by atoms with E-state index in [1.54, 1.807) is 7.05 Å². The van der Waals surface area contributed by atoms with Crippen molar-refractivity contribution in [2.75, 3.05) is 25.6 Å². The third kappa shape index (κ3) is 6.22. The minimum Gasteiger partial charge on any atom is -0.494 e. The fourth-order valence-electron chi connectivity index (χ4n) is 3.30. The highest BCUT2D eigenvalue weighted by Crippen LogP contribution is 2.18. The van der Waals surface area contributed by atoms with Crippen LogP contribution >= 0.6 is 0 Å². The molecule has 1 fully saturated rings. The minimum absolute atomic E-state index is 0.0805. The van der Waals surface area contributed by atoms with E-state index in [1.807, 2.05) is 55.5 Å². The number of hydrogen-bond donors (Lipinski definition) is 3. The summed E-state index contributed by atoms with van der Waals surface area (Å²) in [6.45, 7) is 4.44. The first-order valence-corrected chi connectivity index (χ1v) is 10.4. The normalized spacial score (nSPS) is 16.2. The van der Waals surface area contributed by atoms with Crippen molar-refractivity contribution in [2.24, 2.45) is 4.99 Å². The van der Waals surface area contributed by atoms with Crippen LogP contribution in [0.3, 0.4) is 0 Å². The standard InChI is InChI=1S/C23H30N4O3/c1-3-29-20-11-5-4-9-18(20)16-26-23(24-2)25-15-17-8-6-10-19(14-17)27-22(28)21-12-7-13-30-21/h4-6,8-11,14,21H,3,7,12-13,15-16H2,1-2H3,(H,27,28)(H2,24,25,26). The van der Waals surface area contributed by atoms with Gasteiger partial charge in [0, 0.05) is 38.0 Å². The van der Waals surface area contributed by atoms with Gasteiger partial charge >= 0.3 is 0 Å². The summed E-state index contributed by atoms with van der Waals surface area (Å²) in [5.41, 5.74) is 2.88. The van der Waals surface area contributed by atoms with Crippen molar-refractivity contribution in [3.63, 3.8) is 0 Å². The predicted octanol–water partition coefficient (Wildman–Crippen LogP) is 3.07. The van der Waals surface area contributed by atoms with Crippen molar-refractivity contribution in [3.8, 4) is 5.75 Å². The molecule has 0 saturated carbocycles. The molecule has 0 aromatic heterocycles. The van der Waals surface area contributed by atoms with Crippen LogP contribution in [0.4, 0.5) is 5.69 Å². The summed E-state index contributed by atoms with van der Waals surface area (Å²) in [6.07, 6.45) is 1.37. The van der Waals surface area contributed by atoms with Gasteiger partial charge in [0.1, 0.15) is 11.9 Å². The molecular weight excluding hydrogens is 380 g/mol. The lowest BCUT2D eigenvalue weighted by Gasteiger charge is -2.15. The smallest absolute Gasteiger partial charge is 0.253 e. The SMILES string of the molecule is CCOc1ccccc1CNC(=NC)NCc1cccc(NC(=O)C2CCCO2)c1. The third-order valence-corrected chi connectivity index (χ3v) is 4.82. The van der Waals surface area contributed by atoms with Crippen molar-refractivity contribution in [1.82, 2.24) is 10.6 Å². The lowest BCUT2D eigenvalue weighted by atomic mass is 10.2. The molecule has 1 saturated heterocycles. The molecule has 3 N–H and O–H groups in total. The van der Waals surface area contributed by atoms with Gasteiger partial charge in [-0.1, -0.05) is 30.3 Å².